The number of carboxylic acid groups (broad SMARTS) is 1. The van der Waals surface area contributed by atoms with Crippen LogP contribution < -0.4 is 0 Å². The van der Waals surface area contributed by atoms with Crippen molar-refractivity contribution in [1.82, 2.24) is 25.4 Å². The lowest BCUT2D eigenvalue weighted by molar-refractivity contribution is -0.142. The van der Waals surface area contributed by atoms with E-state index in [4.69, 9.17) is 53.4 Å². The van der Waals surface area contributed by atoms with Crippen molar-refractivity contribution in [2.24, 2.45) is 0 Å². The second-order valence-electron chi connectivity index (χ2n) is 16.1. The normalized spacial score (nSPS) is 11.3. The van der Waals surface area contributed by atoms with Crippen LogP contribution in [0.15, 0.2) is 166 Å². The van der Waals surface area contributed by atoms with E-state index in [-0.39, 0.29) is 15.6 Å². The van der Waals surface area contributed by atoms with Crippen LogP contribution in [0.4, 0.5) is 0 Å². The van der Waals surface area contributed by atoms with Crippen LogP contribution in [0.5, 0.6) is 0 Å². The van der Waals surface area contributed by atoms with Gasteiger partial charge in [-0.25, -0.2) is 22.6 Å². The molecule has 3 N–H and O–H groups in total. The molecule has 0 spiro atoms. The molecule has 24 heteroatoms. The Morgan fingerprint density at radius 1 is 0.571 bits per heavy atom. The first-order chi connectivity index (χ1) is 32.4. The summed E-state index contributed by atoms with van der Waals surface area (Å²) in [6.45, 7) is 15.1. The van der Waals surface area contributed by atoms with Crippen LogP contribution >= 0.6 is 54.3 Å². The number of nitrogens with one attached hydrogen (secondary N) is 1. The number of carbonyl (C=O) groups excluding carboxylic acids is 1. The Morgan fingerprint density at radius 3 is 1.14 bits per heavy atom. The molecule has 0 aliphatic heterocycles. The summed E-state index contributed by atoms with van der Waals surface area (Å²) < 4.78 is 67.2. The number of hydrogen-bond acceptors (Lipinski definition) is 13. The zero-order valence-electron chi connectivity index (χ0n) is 38.9. The molecule has 3 aromatic heterocycles. The first-order valence-corrected chi connectivity index (χ1v) is 27.8. The van der Waals surface area contributed by atoms with E-state index in [1.807, 2.05) is 107 Å². The Labute approximate surface area is 433 Å². The summed E-state index contributed by atoms with van der Waals surface area (Å²) in [7, 11) is 8.80. The molecule has 0 aliphatic carbocycles. The molecule has 16 nitrogen and oxygen atoms in total. The van der Waals surface area contributed by atoms with E-state index in [0.717, 1.165) is 22.6 Å². The van der Waals surface area contributed by atoms with Crippen LogP contribution in [0, 0.1) is 0 Å². The molecule has 0 atom stereocenters. The van der Waals surface area contributed by atoms with Gasteiger partial charge in [0.25, 0.3) is 9.05 Å². The van der Waals surface area contributed by atoms with E-state index in [9.17, 15) is 18.0 Å². The molecule has 0 unspecified atom stereocenters. The third kappa shape index (κ3) is 23.3. The number of hydrogen-bond donors (Lipinski definition) is 3. The number of carbonyl (C=O) groups is 2. The fourth-order valence-corrected chi connectivity index (χ4v) is 6.19. The molecule has 0 amide bonds. The van der Waals surface area contributed by atoms with Crippen molar-refractivity contribution in [1.29, 1.82) is 0 Å². The first kappa shape index (κ1) is 63.1. The van der Waals surface area contributed by atoms with Gasteiger partial charge in [-0.1, -0.05) is 103 Å². The summed E-state index contributed by atoms with van der Waals surface area (Å²) in [6, 6.07) is 35.4. The monoisotopic (exact) mass is 1120 g/mol. The third-order valence-electron chi connectivity index (χ3n) is 9.64. The van der Waals surface area contributed by atoms with Gasteiger partial charge in [-0.05, 0) is 101 Å². The summed E-state index contributed by atoms with van der Waals surface area (Å²) in [4.78, 5) is 30.3. The van der Waals surface area contributed by atoms with E-state index in [0.29, 0.717) is 5.89 Å². The van der Waals surface area contributed by atoms with Crippen LogP contribution in [0.2, 0.25) is 0 Å². The highest BCUT2D eigenvalue weighted by Gasteiger charge is 2.30. The van der Waals surface area contributed by atoms with Gasteiger partial charge in [-0.15, -0.1) is 0 Å². The molecule has 0 radical (unpaired) electrons. The Balaban J connectivity index is 0.000000431. The molecule has 3 heterocycles. The van der Waals surface area contributed by atoms with Crippen molar-refractivity contribution >= 4 is 93.2 Å². The molecule has 7 aromatic rings. The number of nitrogens with zero attached hydrogens (tertiary/aromatic N) is 4. The predicted molar refractivity (Wildman–Crippen MR) is 274 cm³/mol. The fraction of sp³-hybridized carbons (Fsp3) is 0.261. The molecule has 0 aliphatic rings. The van der Waals surface area contributed by atoms with Gasteiger partial charge in [0.15, 0.2) is 0 Å². The Bertz CT molecular complexity index is 2720. The molecule has 0 saturated carbocycles. The number of H-pyrrole nitrogens is 1. The number of aliphatic carboxylic acids is 1. The third-order valence-corrected chi connectivity index (χ3v) is 11.5. The number of benzene rings is 4. The topological polar surface area (TPSA) is 254 Å². The lowest BCUT2D eigenvalue weighted by atomic mass is 9.84. The van der Waals surface area contributed by atoms with Crippen molar-refractivity contribution in [3.63, 3.8) is 0 Å². The molecule has 0 bridgehead atoms. The minimum atomic E-state index is -4.19. The Hall–Kier alpha value is -4.96. The molecule has 4 aromatic carbocycles. The van der Waals surface area contributed by atoms with Crippen molar-refractivity contribution in [3.8, 4) is 0 Å². The Morgan fingerprint density at radius 2 is 0.886 bits per heavy atom. The minimum Gasteiger partial charge on any atom is -0.481 e. The number of carboxylic acids is 1. The minimum absolute atomic E-state index is 0.0797. The largest absolute Gasteiger partial charge is 0.481 e. The SMILES string of the molecule is CC(C)(C(=O)Cl)c1ccccc1.CC(C)(C(=O)O)c1ccccc1.CC(C)(c1ccc(S(=O)(=O)Cl)cc1)c1ncco1.CC(C)(c1ccccc1)c1ncco1.O=S(=O)(O)Cl.O=S(Cl)Cl.c1cn[nH]n1. The zero-order chi connectivity index (χ0) is 53.4. The smallest absolute Gasteiger partial charge is 0.353 e. The highest BCUT2D eigenvalue weighted by atomic mass is 36.0. The standard InChI is InChI=1S/C12H12ClNO3S.C12H13NO.C10H11ClO.C10H12O2.C2H3N3.Cl2OS.ClHO3S/c1-12(2,11-14-7-8-17-11)9-3-5-10(6-4-9)18(13,15)16;1-12(2,11-13-8-9-14-11)10-6-4-3-5-7-10;2*1-10(2,9(11)12)8-6-4-3-5-7-8;1-2-4-5-3-1;1-4(2)3;1-5(2,3)4/h3-8H,1-2H3;3-9H,1-2H3;3-7H,1-2H3;3-7H,1-2H3,(H,11,12);1-2H,(H,3,4,5);;(H,2,3,4). The van der Waals surface area contributed by atoms with E-state index in [1.54, 1.807) is 57.0 Å². The highest BCUT2D eigenvalue weighted by molar-refractivity contribution is 8.26. The van der Waals surface area contributed by atoms with E-state index >= 15 is 0 Å². The van der Waals surface area contributed by atoms with E-state index < -0.39 is 49.8 Å². The van der Waals surface area contributed by atoms with Crippen molar-refractivity contribution in [2.45, 2.75) is 81.9 Å². The van der Waals surface area contributed by atoms with Crippen molar-refractivity contribution in [3.05, 3.63) is 187 Å². The van der Waals surface area contributed by atoms with Gasteiger partial charge in [0, 0.05) is 42.7 Å². The van der Waals surface area contributed by atoms with Crippen molar-refractivity contribution in [2.75, 3.05) is 0 Å². The molecule has 7 rings (SSSR count). The van der Waals surface area contributed by atoms with Crippen LogP contribution in [0.25, 0.3) is 0 Å². The maximum atomic E-state index is 11.2. The van der Waals surface area contributed by atoms with E-state index in [1.165, 1.54) is 24.0 Å². The lowest BCUT2D eigenvalue weighted by Gasteiger charge is -2.21. The fourth-order valence-electron chi connectivity index (χ4n) is 5.31. The molecular formula is C46H52Cl5N5O11S3. The van der Waals surface area contributed by atoms with Crippen LogP contribution in [0.3, 0.4) is 0 Å². The predicted octanol–water partition coefficient (Wildman–Crippen LogP) is 11.6. The number of rotatable bonds is 9. The maximum Gasteiger partial charge on any atom is 0.353 e. The molecule has 0 fully saturated rings. The highest BCUT2D eigenvalue weighted by Crippen LogP contribution is 2.32. The zero-order valence-corrected chi connectivity index (χ0v) is 45.1. The van der Waals surface area contributed by atoms with Gasteiger partial charge in [-0.3, -0.25) is 14.1 Å². The van der Waals surface area contributed by atoms with Gasteiger partial charge in [-0.2, -0.15) is 23.8 Å². The van der Waals surface area contributed by atoms with E-state index in [2.05, 4.69) is 83.4 Å². The molecule has 70 heavy (non-hydrogen) atoms. The average Bonchev–Trinajstić information content (AvgIpc) is 4.14. The quantitative estimate of drug-likeness (QED) is 0.0897. The van der Waals surface area contributed by atoms with Crippen LogP contribution in [-0.4, -0.2) is 67.3 Å². The average molecular weight is 1120 g/mol. The molecular weight excluding hydrogens is 1070 g/mol. The van der Waals surface area contributed by atoms with Crippen LogP contribution in [0.1, 0.15) is 89.4 Å². The second kappa shape index (κ2) is 29.4. The number of halogens is 5. The van der Waals surface area contributed by atoms with Crippen LogP contribution in [-0.2, 0) is 58.9 Å². The van der Waals surface area contributed by atoms with Crippen molar-refractivity contribution < 1.29 is 49.1 Å². The summed E-state index contributed by atoms with van der Waals surface area (Å²) >= 11 is 5.47. The summed E-state index contributed by atoms with van der Waals surface area (Å²) in [5.74, 6) is 0.529. The summed E-state index contributed by atoms with van der Waals surface area (Å²) in [5.41, 5.74) is 1.92. The summed E-state index contributed by atoms with van der Waals surface area (Å²) in [6.07, 6.45) is 9.55. The van der Waals surface area contributed by atoms with Gasteiger partial charge in [0.1, 0.15) is 12.5 Å². The van der Waals surface area contributed by atoms with Gasteiger partial charge in [0.2, 0.25) is 26.3 Å². The lowest BCUT2D eigenvalue weighted by Crippen LogP contribution is -2.28. The van der Waals surface area contributed by atoms with Gasteiger partial charge < -0.3 is 13.9 Å². The number of aromatic amines is 1. The first-order valence-electron chi connectivity index (χ1n) is 20.0. The van der Waals surface area contributed by atoms with Gasteiger partial charge >= 0.3 is 15.3 Å². The molecule has 0 saturated heterocycles. The molecule has 380 valence electrons. The number of aromatic nitrogens is 5. The summed E-state index contributed by atoms with van der Waals surface area (Å²) in [5, 5.41) is 17.9. The Kier molecular flexibility index (Phi) is 26.5. The maximum absolute atomic E-state index is 11.2. The van der Waals surface area contributed by atoms with Gasteiger partial charge in [0.05, 0.1) is 51.3 Å². The number of oxazole rings is 2. The second-order valence-corrected chi connectivity index (χ2v) is 23.5.